The molecule has 0 spiro atoms. The van der Waals surface area contributed by atoms with Gasteiger partial charge in [0.05, 0.1) is 11.6 Å². The Labute approximate surface area is 124 Å². The van der Waals surface area contributed by atoms with Crippen molar-refractivity contribution in [1.82, 2.24) is 4.98 Å². The van der Waals surface area contributed by atoms with E-state index in [0.717, 1.165) is 28.3 Å². The largest absolute Gasteiger partial charge is 0.360 e. The molecule has 2 aromatic rings. The molecule has 4 rings (SSSR count). The highest BCUT2D eigenvalue weighted by atomic mass is 16.1. The number of aromatic amines is 1. The molecular formula is C18H18N2O. The van der Waals surface area contributed by atoms with Crippen molar-refractivity contribution in [2.45, 2.75) is 32.1 Å². The lowest BCUT2D eigenvalue weighted by molar-refractivity contribution is 0.0946. The smallest absolute Gasteiger partial charge is 0.165 e. The molecule has 2 fully saturated rings. The quantitative estimate of drug-likeness (QED) is 0.861. The number of H-pyrrole nitrogens is 1. The van der Waals surface area contributed by atoms with Crippen molar-refractivity contribution in [2.24, 2.45) is 17.8 Å². The number of hydrogen-bond acceptors (Lipinski definition) is 2. The van der Waals surface area contributed by atoms with Crippen LogP contribution in [0.25, 0.3) is 10.9 Å². The summed E-state index contributed by atoms with van der Waals surface area (Å²) in [4.78, 5) is 15.8. The Hall–Kier alpha value is -2.08. The minimum Gasteiger partial charge on any atom is -0.360 e. The summed E-state index contributed by atoms with van der Waals surface area (Å²) in [7, 11) is 0. The topological polar surface area (TPSA) is 56.6 Å². The zero-order valence-electron chi connectivity index (χ0n) is 11.9. The number of nitrogens with one attached hydrogen (secondary N) is 1. The van der Waals surface area contributed by atoms with Gasteiger partial charge in [-0.25, -0.2) is 0 Å². The second-order valence-corrected chi connectivity index (χ2v) is 6.64. The molecule has 3 nitrogen and oxygen atoms in total. The Morgan fingerprint density at radius 1 is 1.33 bits per heavy atom. The van der Waals surface area contributed by atoms with Crippen molar-refractivity contribution in [1.29, 1.82) is 5.26 Å². The number of hydrogen-bond donors (Lipinski definition) is 1. The van der Waals surface area contributed by atoms with Crippen LogP contribution in [0.2, 0.25) is 0 Å². The third-order valence-corrected chi connectivity index (χ3v) is 5.44. The van der Waals surface area contributed by atoms with Crippen LogP contribution in [0.1, 0.15) is 48.0 Å². The molecule has 3 atom stereocenters. The number of ketones is 1. The molecule has 0 amide bonds. The lowest BCUT2D eigenvalue weighted by Gasteiger charge is -2.20. The van der Waals surface area contributed by atoms with Crippen molar-refractivity contribution in [3.8, 4) is 6.07 Å². The first-order chi connectivity index (χ1) is 10.2. The van der Waals surface area contributed by atoms with E-state index in [1.54, 1.807) is 12.3 Å². The summed E-state index contributed by atoms with van der Waals surface area (Å²) in [5.74, 6) is 2.47. The van der Waals surface area contributed by atoms with Crippen LogP contribution in [0.15, 0.2) is 24.4 Å². The predicted octanol–water partition coefficient (Wildman–Crippen LogP) is 4.05. The second kappa shape index (κ2) is 4.73. The molecule has 1 heterocycles. The van der Waals surface area contributed by atoms with Gasteiger partial charge in [-0.2, -0.15) is 5.26 Å². The molecule has 2 aliphatic carbocycles. The highest BCUT2D eigenvalue weighted by Crippen LogP contribution is 2.49. The molecule has 1 N–H and O–H groups in total. The summed E-state index contributed by atoms with van der Waals surface area (Å²) < 4.78 is 0. The third kappa shape index (κ3) is 2.06. The molecule has 1 aromatic heterocycles. The number of benzene rings is 1. The van der Waals surface area contributed by atoms with Crippen LogP contribution < -0.4 is 0 Å². The van der Waals surface area contributed by atoms with Crippen LogP contribution in [-0.4, -0.2) is 10.8 Å². The van der Waals surface area contributed by atoms with Gasteiger partial charge in [0.25, 0.3) is 0 Å². The van der Waals surface area contributed by atoms with Crippen LogP contribution in [-0.2, 0) is 0 Å². The van der Waals surface area contributed by atoms with E-state index >= 15 is 0 Å². The summed E-state index contributed by atoms with van der Waals surface area (Å²) in [6, 6.07) is 7.62. The molecule has 3 heteroatoms. The Morgan fingerprint density at radius 2 is 2.24 bits per heavy atom. The Bertz CT molecular complexity index is 752. The number of fused-ring (bicyclic) bond motifs is 3. The first-order valence-corrected chi connectivity index (χ1v) is 7.79. The van der Waals surface area contributed by atoms with Gasteiger partial charge in [0, 0.05) is 29.1 Å². The van der Waals surface area contributed by atoms with E-state index in [0.29, 0.717) is 17.9 Å². The van der Waals surface area contributed by atoms with Gasteiger partial charge in [-0.1, -0.05) is 6.42 Å². The molecule has 1 aromatic carbocycles. The van der Waals surface area contributed by atoms with Gasteiger partial charge in [-0.15, -0.1) is 0 Å². The van der Waals surface area contributed by atoms with Gasteiger partial charge < -0.3 is 4.98 Å². The number of carbonyl (C=O) groups excluding carboxylic acids is 1. The maximum Gasteiger partial charge on any atom is 0.165 e. The first-order valence-electron chi connectivity index (χ1n) is 7.79. The zero-order chi connectivity index (χ0) is 14.4. The standard InChI is InChI=1S/C18H18N2O/c19-9-12-2-4-17-15(7-12)16(10-20-17)18(21)8-14-6-11-1-3-13(14)5-11/h2,4,7,10-11,13-14,20H,1,3,5-6,8H2. The molecule has 2 aliphatic rings. The van der Waals surface area contributed by atoms with Gasteiger partial charge >= 0.3 is 0 Å². The first kappa shape index (κ1) is 12.6. The van der Waals surface area contributed by atoms with Crippen LogP contribution in [0.3, 0.4) is 0 Å². The lowest BCUT2D eigenvalue weighted by Crippen LogP contribution is -2.15. The van der Waals surface area contributed by atoms with Crippen LogP contribution >= 0.6 is 0 Å². The number of Topliss-reactive ketones (excluding diaryl/α,β-unsaturated/α-hetero) is 1. The van der Waals surface area contributed by atoms with Crippen molar-refractivity contribution in [3.05, 3.63) is 35.5 Å². The minimum absolute atomic E-state index is 0.230. The van der Waals surface area contributed by atoms with E-state index < -0.39 is 0 Å². The second-order valence-electron chi connectivity index (χ2n) is 6.64. The van der Waals surface area contributed by atoms with Gasteiger partial charge in [-0.3, -0.25) is 4.79 Å². The molecule has 2 bridgehead atoms. The Kier molecular flexibility index (Phi) is 2.85. The number of nitrogens with zero attached hydrogens (tertiary/aromatic N) is 1. The highest BCUT2D eigenvalue weighted by Gasteiger charge is 2.40. The zero-order valence-corrected chi connectivity index (χ0v) is 11.9. The average Bonchev–Trinajstić information content (AvgIpc) is 3.20. The van der Waals surface area contributed by atoms with E-state index in [2.05, 4.69) is 11.1 Å². The van der Waals surface area contributed by atoms with E-state index in [1.165, 1.54) is 25.7 Å². The summed E-state index contributed by atoms with van der Waals surface area (Å²) in [5, 5.41) is 9.91. The van der Waals surface area contributed by atoms with Crippen molar-refractivity contribution >= 4 is 16.7 Å². The number of nitriles is 1. The van der Waals surface area contributed by atoms with Crippen molar-refractivity contribution in [3.63, 3.8) is 0 Å². The predicted molar refractivity (Wildman–Crippen MR) is 80.9 cm³/mol. The monoisotopic (exact) mass is 278 g/mol. The van der Waals surface area contributed by atoms with Gasteiger partial charge in [0.15, 0.2) is 5.78 Å². The van der Waals surface area contributed by atoms with E-state index in [1.807, 2.05) is 12.1 Å². The number of aromatic nitrogens is 1. The summed E-state index contributed by atoms with van der Waals surface area (Å²) >= 11 is 0. The van der Waals surface area contributed by atoms with Crippen molar-refractivity contribution in [2.75, 3.05) is 0 Å². The maximum atomic E-state index is 12.6. The molecule has 3 unspecified atom stereocenters. The number of rotatable bonds is 3. The molecular weight excluding hydrogens is 260 g/mol. The van der Waals surface area contributed by atoms with E-state index in [4.69, 9.17) is 5.26 Å². The highest BCUT2D eigenvalue weighted by molar-refractivity contribution is 6.08. The Morgan fingerprint density at radius 3 is 2.95 bits per heavy atom. The molecule has 0 radical (unpaired) electrons. The van der Waals surface area contributed by atoms with Crippen LogP contribution in [0.5, 0.6) is 0 Å². The van der Waals surface area contributed by atoms with Crippen LogP contribution in [0, 0.1) is 29.1 Å². The molecule has 0 aliphatic heterocycles. The maximum absolute atomic E-state index is 12.6. The summed E-state index contributed by atoms with van der Waals surface area (Å²) in [6.07, 6.45) is 7.74. The lowest BCUT2D eigenvalue weighted by atomic mass is 9.84. The summed E-state index contributed by atoms with van der Waals surface area (Å²) in [5.41, 5.74) is 2.30. The Balaban J connectivity index is 1.61. The number of carbonyl (C=O) groups is 1. The van der Waals surface area contributed by atoms with Gasteiger partial charge in [0.1, 0.15) is 0 Å². The van der Waals surface area contributed by atoms with Crippen molar-refractivity contribution < 1.29 is 4.79 Å². The van der Waals surface area contributed by atoms with Crippen LogP contribution in [0.4, 0.5) is 0 Å². The SMILES string of the molecule is N#Cc1ccc2[nH]cc(C(=O)CC3CC4CCC3C4)c2c1. The fourth-order valence-corrected chi connectivity index (χ4v) is 4.40. The van der Waals surface area contributed by atoms with Gasteiger partial charge in [0.2, 0.25) is 0 Å². The fraction of sp³-hybridized carbons (Fsp3) is 0.444. The average molecular weight is 278 g/mol. The normalized spacial score (nSPS) is 27.1. The van der Waals surface area contributed by atoms with E-state index in [9.17, 15) is 4.79 Å². The molecule has 106 valence electrons. The van der Waals surface area contributed by atoms with Gasteiger partial charge in [-0.05, 0) is 55.2 Å². The summed E-state index contributed by atoms with van der Waals surface area (Å²) in [6.45, 7) is 0. The fourth-order valence-electron chi connectivity index (χ4n) is 4.40. The molecule has 0 saturated heterocycles. The molecule has 21 heavy (non-hydrogen) atoms. The minimum atomic E-state index is 0.230. The molecule has 2 saturated carbocycles. The third-order valence-electron chi connectivity index (χ3n) is 5.44. The van der Waals surface area contributed by atoms with E-state index in [-0.39, 0.29) is 5.78 Å².